The number of hydrogen-bond donors (Lipinski definition) is 1. The molecule has 1 heterocycles. The molecule has 21 heavy (non-hydrogen) atoms. The Morgan fingerprint density at radius 2 is 2.00 bits per heavy atom. The lowest BCUT2D eigenvalue weighted by molar-refractivity contribution is 0.0693. The summed E-state index contributed by atoms with van der Waals surface area (Å²) in [6.45, 7) is 4.03. The summed E-state index contributed by atoms with van der Waals surface area (Å²) in [6.07, 6.45) is 1.22. The predicted octanol–water partition coefficient (Wildman–Crippen LogP) is 0.851. The Labute approximate surface area is 125 Å². The molecule has 1 saturated heterocycles. The Kier molecular flexibility index (Phi) is 4.65. The number of rotatable bonds is 4. The molecular formula is C14H20N2O4S. The molecule has 0 saturated carbocycles. The fraction of sp³-hybridized carbons (Fsp3) is 0.500. The highest BCUT2D eigenvalue weighted by Gasteiger charge is 2.30. The van der Waals surface area contributed by atoms with Crippen LogP contribution in [-0.4, -0.2) is 60.6 Å². The SMILES string of the molecule is C[C@@H]1CN(Cc2ccccc2C(=O)O)CCN1S(C)(=O)=O. The van der Waals surface area contributed by atoms with Gasteiger partial charge < -0.3 is 5.11 Å². The Morgan fingerprint density at radius 3 is 2.57 bits per heavy atom. The van der Waals surface area contributed by atoms with Gasteiger partial charge in [-0.3, -0.25) is 4.90 Å². The van der Waals surface area contributed by atoms with Crippen LogP contribution in [0, 0.1) is 0 Å². The van der Waals surface area contributed by atoms with E-state index in [1.807, 2.05) is 13.0 Å². The van der Waals surface area contributed by atoms with Crippen molar-refractivity contribution >= 4 is 16.0 Å². The molecule has 2 rings (SSSR count). The zero-order chi connectivity index (χ0) is 15.6. The molecule has 0 aromatic heterocycles. The first-order chi connectivity index (χ1) is 9.79. The van der Waals surface area contributed by atoms with Gasteiger partial charge in [0.15, 0.2) is 0 Å². The Bertz CT molecular complexity index is 630. The Morgan fingerprint density at radius 1 is 1.33 bits per heavy atom. The molecule has 0 radical (unpaired) electrons. The van der Waals surface area contributed by atoms with Crippen molar-refractivity contribution in [1.82, 2.24) is 9.21 Å². The third kappa shape index (κ3) is 3.81. The molecule has 0 spiro atoms. The summed E-state index contributed by atoms with van der Waals surface area (Å²) in [4.78, 5) is 13.3. The first kappa shape index (κ1) is 15.9. The molecule has 0 bridgehead atoms. The van der Waals surface area contributed by atoms with Crippen molar-refractivity contribution in [3.8, 4) is 0 Å². The maximum Gasteiger partial charge on any atom is 0.336 e. The van der Waals surface area contributed by atoms with Crippen LogP contribution in [0.1, 0.15) is 22.8 Å². The van der Waals surface area contributed by atoms with Gasteiger partial charge in [-0.1, -0.05) is 18.2 Å². The zero-order valence-corrected chi connectivity index (χ0v) is 13.0. The van der Waals surface area contributed by atoms with Crippen LogP contribution in [0.3, 0.4) is 0 Å². The average molecular weight is 312 g/mol. The smallest absolute Gasteiger partial charge is 0.336 e. The summed E-state index contributed by atoms with van der Waals surface area (Å²) in [7, 11) is -3.18. The van der Waals surface area contributed by atoms with E-state index in [1.165, 1.54) is 10.6 Å². The lowest BCUT2D eigenvalue weighted by Crippen LogP contribution is -2.53. The van der Waals surface area contributed by atoms with Crippen LogP contribution < -0.4 is 0 Å². The summed E-state index contributed by atoms with van der Waals surface area (Å²) in [5, 5.41) is 9.19. The van der Waals surface area contributed by atoms with E-state index >= 15 is 0 Å². The lowest BCUT2D eigenvalue weighted by Gasteiger charge is -2.38. The van der Waals surface area contributed by atoms with E-state index < -0.39 is 16.0 Å². The van der Waals surface area contributed by atoms with Crippen molar-refractivity contribution in [1.29, 1.82) is 0 Å². The molecule has 1 atom stereocenters. The normalized spacial score (nSPS) is 21.3. The van der Waals surface area contributed by atoms with Crippen LogP contribution >= 0.6 is 0 Å². The molecule has 0 unspecified atom stereocenters. The summed E-state index contributed by atoms with van der Waals surface area (Å²) >= 11 is 0. The number of benzene rings is 1. The van der Waals surface area contributed by atoms with Gasteiger partial charge in [-0.15, -0.1) is 0 Å². The van der Waals surface area contributed by atoms with Gasteiger partial charge in [0.2, 0.25) is 10.0 Å². The van der Waals surface area contributed by atoms with Crippen LogP contribution in [0.25, 0.3) is 0 Å². The maximum atomic E-state index is 11.6. The van der Waals surface area contributed by atoms with Gasteiger partial charge in [0.05, 0.1) is 11.8 Å². The Hall–Kier alpha value is -1.44. The number of hydrogen-bond acceptors (Lipinski definition) is 4. The van der Waals surface area contributed by atoms with Crippen molar-refractivity contribution in [3.05, 3.63) is 35.4 Å². The van der Waals surface area contributed by atoms with E-state index in [4.69, 9.17) is 0 Å². The standard InChI is InChI=1S/C14H20N2O4S/c1-11-9-15(7-8-16(11)21(2,19)20)10-12-5-3-4-6-13(12)14(17)18/h3-6,11H,7-10H2,1-2H3,(H,17,18)/t11-/m1/s1. The molecule has 1 aromatic rings. The van der Waals surface area contributed by atoms with Crippen molar-refractivity contribution < 1.29 is 18.3 Å². The predicted molar refractivity (Wildman–Crippen MR) is 79.7 cm³/mol. The number of carboxylic acids is 1. The van der Waals surface area contributed by atoms with Crippen LogP contribution in [0.2, 0.25) is 0 Å². The largest absolute Gasteiger partial charge is 0.478 e. The van der Waals surface area contributed by atoms with Crippen LogP contribution in [0.15, 0.2) is 24.3 Å². The summed E-state index contributed by atoms with van der Waals surface area (Å²) in [6, 6.07) is 6.81. The average Bonchev–Trinajstić information content (AvgIpc) is 2.37. The van der Waals surface area contributed by atoms with E-state index in [0.29, 0.717) is 31.7 Å². The van der Waals surface area contributed by atoms with E-state index in [0.717, 1.165) is 5.56 Å². The van der Waals surface area contributed by atoms with Crippen LogP contribution in [0.5, 0.6) is 0 Å². The molecule has 0 amide bonds. The second-order valence-corrected chi connectivity index (χ2v) is 7.36. The number of aromatic carboxylic acids is 1. The zero-order valence-electron chi connectivity index (χ0n) is 12.2. The summed E-state index contributed by atoms with van der Waals surface area (Å²) in [5.74, 6) is -0.937. The van der Waals surface area contributed by atoms with Gasteiger partial charge in [0.1, 0.15) is 0 Å². The van der Waals surface area contributed by atoms with Gasteiger partial charge in [0, 0.05) is 32.2 Å². The van der Waals surface area contributed by atoms with Gasteiger partial charge in [0.25, 0.3) is 0 Å². The minimum absolute atomic E-state index is 0.106. The van der Waals surface area contributed by atoms with Crippen molar-refractivity contribution in [2.24, 2.45) is 0 Å². The molecular weight excluding hydrogens is 292 g/mol. The number of sulfonamides is 1. The fourth-order valence-corrected chi connectivity index (χ4v) is 3.89. The maximum absolute atomic E-state index is 11.6. The molecule has 1 fully saturated rings. The third-order valence-electron chi connectivity index (χ3n) is 3.72. The van der Waals surface area contributed by atoms with E-state index in [1.54, 1.807) is 18.2 Å². The van der Waals surface area contributed by atoms with Crippen LogP contribution in [-0.2, 0) is 16.6 Å². The highest BCUT2D eigenvalue weighted by Crippen LogP contribution is 2.17. The monoisotopic (exact) mass is 312 g/mol. The quantitative estimate of drug-likeness (QED) is 0.892. The van der Waals surface area contributed by atoms with Gasteiger partial charge in [-0.05, 0) is 18.6 Å². The number of carboxylic acid groups (broad SMARTS) is 1. The summed E-state index contributed by atoms with van der Waals surface area (Å²) < 4.78 is 24.8. The number of carbonyl (C=O) groups is 1. The van der Waals surface area contributed by atoms with Crippen molar-refractivity contribution in [2.45, 2.75) is 19.5 Å². The first-order valence-electron chi connectivity index (χ1n) is 6.79. The fourth-order valence-electron chi connectivity index (χ4n) is 2.76. The lowest BCUT2D eigenvalue weighted by atomic mass is 10.1. The molecule has 1 aromatic carbocycles. The van der Waals surface area contributed by atoms with Crippen molar-refractivity contribution in [3.63, 3.8) is 0 Å². The molecule has 0 aliphatic carbocycles. The molecule has 7 heteroatoms. The third-order valence-corrected chi connectivity index (χ3v) is 5.11. The van der Waals surface area contributed by atoms with Gasteiger partial charge in [-0.2, -0.15) is 4.31 Å². The highest BCUT2D eigenvalue weighted by atomic mass is 32.2. The van der Waals surface area contributed by atoms with Gasteiger partial charge in [-0.25, -0.2) is 13.2 Å². The highest BCUT2D eigenvalue weighted by molar-refractivity contribution is 7.88. The van der Waals surface area contributed by atoms with Crippen LogP contribution in [0.4, 0.5) is 0 Å². The number of piperazine rings is 1. The minimum Gasteiger partial charge on any atom is -0.478 e. The Balaban J connectivity index is 2.08. The van der Waals surface area contributed by atoms with Crippen molar-refractivity contribution in [2.75, 3.05) is 25.9 Å². The second kappa shape index (κ2) is 6.13. The first-order valence-corrected chi connectivity index (χ1v) is 8.64. The van der Waals surface area contributed by atoms with E-state index in [9.17, 15) is 18.3 Å². The molecule has 116 valence electrons. The minimum atomic E-state index is -3.18. The topological polar surface area (TPSA) is 77.9 Å². The van der Waals surface area contributed by atoms with E-state index in [-0.39, 0.29) is 6.04 Å². The van der Waals surface area contributed by atoms with E-state index in [2.05, 4.69) is 4.90 Å². The molecule has 1 aliphatic heterocycles. The molecule has 6 nitrogen and oxygen atoms in total. The second-order valence-electron chi connectivity index (χ2n) is 5.42. The molecule has 1 aliphatic rings. The summed E-state index contributed by atoms with van der Waals surface area (Å²) in [5.41, 5.74) is 1.06. The number of nitrogens with zero attached hydrogens (tertiary/aromatic N) is 2. The molecule has 1 N–H and O–H groups in total. The van der Waals surface area contributed by atoms with Gasteiger partial charge >= 0.3 is 5.97 Å².